The highest BCUT2D eigenvalue weighted by Gasteiger charge is 2.22. The number of aryl methyl sites for hydroxylation is 1. The van der Waals surface area contributed by atoms with Crippen LogP contribution in [0.1, 0.15) is 12.2 Å². The van der Waals surface area contributed by atoms with Crippen LogP contribution in [0.2, 0.25) is 10.0 Å². The van der Waals surface area contributed by atoms with Crippen molar-refractivity contribution in [2.75, 3.05) is 22.4 Å². The maximum absolute atomic E-state index is 12.1. The first kappa shape index (κ1) is 18.6. The second-order valence-corrected chi connectivity index (χ2v) is 7.80. The number of rotatable bonds is 6. The zero-order valence-electron chi connectivity index (χ0n) is 12.9. The third-order valence-corrected chi connectivity index (χ3v) is 4.75. The smallest absolute Gasteiger partial charge is 0.233 e. The number of amides is 1. The molecule has 1 N–H and O–H groups in total. The van der Waals surface area contributed by atoms with E-state index in [1.54, 1.807) is 19.1 Å². The van der Waals surface area contributed by atoms with Crippen LogP contribution >= 0.6 is 23.2 Å². The van der Waals surface area contributed by atoms with Gasteiger partial charge in [-0.3, -0.25) is 9.10 Å². The third-order valence-electron chi connectivity index (χ3n) is 3.02. The quantitative estimate of drug-likeness (QED) is 0.816. The van der Waals surface area contributed by atoms with E-state index in [9.17, 15) is 13.2 Å². The maximum atomic E-state index is 12.1. The van der Waals surface area contributed by atoms with Crippen LogP contribution in [0, 0.1) is 6.92 Å². The number of aromatic nitrogens is 1. The Kier molecular flexibility index (Phi) is 5.74. The van der Waals surface area contributed by atoms with Crippen LogP contribution in [0.3, 0.4) is 0 Å². The Morgan fingerprint density at radius 2 is 2.04 bits per heavy atom. The molecule has 0 bridgehead atoms. The molecule has 0 aliphatic rings. The van der Waals surface area contributed by atoms with E-state index in [4.69, 9.17) is 27.7 Å². The molecule has 0 atom stereocenters. The lowest BCUT2D eigenvalue weighted by Gasteiger charge is -2.18. The SMILES string of the molecule is Cc1cc(N(CCC(=O)Nc2cc(Cl)ccc2Cl)S(C)(=O)=O)no1. The monoisotopic (exact) mass is 391 g/mol. The molecule has 2 aromatic rings. The normalized spacial score (nSPS) is 11.3. The van der Waals surface area contributed by atoms with Crippen LogP contribution in [0.25, 0.3) is 0 Å². The van der Waals surface area contributed by atoms with Gasteiger partial charge in [0.1, 0.15) is 5.76 Å². The van der Waals surface area contributed by atoms with E-state index >= 15 is 0 Å². The van der Waals surface area contributed by atoms with Crippen molar-refractivity contribution in [1.29, 1.82) is 0 Å². The highest BCUT2D eigenvalue weighted by molar-refractivity contribution is 7.92. The highest BCUT2D eigenvalue weighted by atomic mass is 35.5. The third kappa shape index (κ3) is 4.86. The highest BCUT2D eigenvalue weighted by Crippen LogP contribution is 2.25. The first-order valence-corrected chi connectivity index (χ1v) is 9.43. The van der Waals surface area contributed by atoms with Crippen molar-refractivity contribution in [2.24, 2.45) is 0 Å². The maximum Gasteiger partial charge on any atom is 0.233 e. The van der Waals surface area contributed by atoms with Gasteiger partial charge in [-0.05, 0) is 25.1 Å². The van der Waals surface area contributed by atoms with Crippen LogP contribution in [0.4, 0.5) is 11.5 Å². The van der Waals surface area contributed by atoms with Crippen molar-refractivity contribution in [3.8, 4) is 0 Å². The fraction of sp³-hybridized carbons (Fsp3) is 0.286. The van der Waals surface area contributed by atoms with Crippen molar-refractivity contribution in [2.45, 2.75) is 13.3 Å². The molecule has 0 unspecified atom stereocenters. The molecule has 7 nitrogen and oxygen atoms in total. The summed E-state index contributed by atoms with van der Waals surface area (Å²) in [7, 11) is -3.60. The lowest BCUT2D eigenvalue weighted by Crippen LogP contribution is -2.33. The number of anilines is 2. The number of benzene rings is 1. The van der Waals surface area contributed by atoms with Crippen molar-refractivity contribution >= 4 is 50.6 Å². The van der Waals surface area contributed by atoms with Crippen LogP contribution in [-0.2, 0) is 14.8 Å². The molecule has 0 fully saturated rings. The molecule has 10 heteroatoms. The van der Waals surface area contributed by atoms with Gasteiger partial charge in [-0.1, -0.05) is 28.4 Å². The minimum absolute atomic E-state index is 0.0885. The Morgan fingerprint density at radius 1 is 1.33 bits per heavy atom. The second kappa shape index (κ2) is 7.42. The Bertz CT molecular complexity index is 851. The largest absolute Gasteiger partial charge is 0.360 e. The molecule has 0 aliphatic heterocycles. The lowest BCUT2D eigenvalue weighted by molar-refractivity contribution is -0.116. The summed E-state index contributed by atoms with van der Waals surface area (Å²) >= 11 is 11.8. The number of sulfonamides is 1. The van der Waals surface area contributed by atoms with E-state index in [0.717, 1.165) is 10.6 Å². The molecule has 0 radical (unpaired) electrons. The van der Waals surface area contributed by atoms with Crippen molar-refractivity contribution in [3.63, 3.8) is 0 Å². The van der Waals surface area contributed by atoms with Gasteiger partial charge in [-0.2, -0.15) is 0 Å². The second-order valence-electron chi connectivity index (χ2n) is 5.05. The zero-order valence-corrected chi connectivity index (χ0v) is 15.2. The molecule has 2 rings (SSSR count). The van der Waals surface area contributed by atoms with Crippen LogP contribution < -0.4 is 9.62 Å². The van der Waals surface area contributed by atoms with E-state index in [-0.39, 0.29) is 18.8 Å². The Morgan fingerprint density at radius 3 is 2.62 bits per heavy atom. The minimum atomic E-state index is -3.60. The molecule has 130 valence electrons. The molecule has 1 amide bonds. The molecule has 24 heavy (non-hydrogen) atoms. The molecule has 0 saturated carbocycles. The minimum Gasteiger partial charge on any atom is -0.360 e. The van der Waals surface area contributed by atoms with E-state index in [1.165, 1.54) is 12.1 Å². The van der Waals surface area contributed by atoms with Crippen LogP contribution in [0.5, 0.6) is 0 Å². The number of nitrogens with zero attached hydrogens (tertiary/aromatic N) is 2. The van der Waals surface area contributed by atoms with Gasteiger partial charge in [0.25, 0.3) is 0 Å². The zero-order chi connectivity index (χ0) is 17.9. The molecule has 1 heterocycles. The summed E-state index contributed by atoms with van der Waals surface area (Å²) < 4.78 is 29.7. The summed E-state index contributed by atoms with van der Waals surface area (Å²) in [6.45, 7) is 1.56. The molecule has 0 aliphatic carbocycles. The van der Waals surface area contributed by atoms with Gasteiger partial charge < -0.3 is 9.84 Å². The van der Waals surface area contributed by atoms with E-state index < -0.39 is 15.9 Å². The average Bonchev–Trinajstić information content (AvgIpc) is 2.88. The van der Waals surface area contributed by atoms with E-state index in [2.05, 4.69) is 10.5 Å². The van der Waals surface area contributed by atoms with Crippen molar-refractivity contribution in [1.82, 2.24) is 5.16 Å². The van der Waals surface area contributed by atoms with Gasteiger partial charge in [0.05, 0.1) is 17.0 Å². The first-order chi connectivity index (χ1) is 11.2. The predicted octanol–water partition coefficient (Wildman–Crippen LogP) is 3.08. The van der Waals surface area contributed by atoms with E-state index in [1.807, 2.05) is 0 Å². The van der Waals surface area contributed by atoms with Crippen molar-refractivity contribution in [3.05, 3.63) is 40.1 Å². The summed E-state index contributed by atoms with van der Waals surface area (Å²) in [6.07, 6.45) is 0.935. The molecular formula is C14H15Cl2N3O4S. The predicted molar refractivity (Wildman–Crippen MR) is 93.1 cm³/mol. The fourth-order valence-electron chi connectivity index (χ4n) is 1.93. The summed E-state index contributed by atoms with van der Waals surface area (Å²) in [5, 5.41) is 7.02. The molecule has 1 aromatic carbocycles. The van der Waals surface area contributed by atoms with Gasteiger partial charge in [0.15, 0.2) is 5.82 Å². The Hall–Kier alpha value is -1.77. The number of hydrogen-bond donors (Lipinski definition) is 1. The standard InChI is InChI=1S/C14H15Cl2N3O4S/c1-9-7-13(18-23-9)19(24(2,21)22)6-5-14(20)17-12-8-10(15)3-4-11(12)16/h3-4,7-8H,5-6H2,1-2H3,(H,17,20). The topological polar surface area (TPSA) is 92.5 Å². The number of hydrogen-bond acceptors (Lipinski definition) is 5. The van der Waals surface area contributed by atoms with Gasteiger partial charge in [-0.15, -0.1) is 0 Å². The molecular weight excluding hydrogens is 377 g/mol. The molecule has 1 aromatic heterocycles. The van der Waals surface area contributed by atoms with Gasteiger partial charge in [0, 0.05) is 24.1 Å². The van der Waals surface area contributed by atoms with Crippen LogP contribution in [0.15, 0.2) is 28.8 Å². The van der Waals surface area contributed by atoms with Gasteiger partial charge >= 0.3 is 0 Å². The number of nitrogens with one attached hydrogen (secondary N) is 1. The van der Waals surface area contributed by atoms with E-state index in [0.29, 0.717) is 21.5 Å². The summed E-state index contributed by atoms with van der Waals surface area (Å²) in [5.41, 5.74) is 0.359. The number of halogens is 2. The fourth-order valence-corrected chi connectivity index (χ4v) is 3.12. The van der Waals surface area contributed by atoms with Crippen molar-refractivity contribution < 1.29 is 17.7 Å². The Labute approximate surface area is 149 Å². The average molecular weight is 392 g/mol. The van der Waals surface area contributed by atoms with Gasteiger partial charge in [0.2, 0.25) is 15.9 Å². The first-order valence-electron chi connectivity index (χ1n) is 6.83. The van der Waals surface area contributed by atoms with Gasteiger partial charge in [-0.25, -0.2) is 8.42 Å². The lowest BCUT2D eigenvalue weighted by atomic mass is 10.3. The summed E-state index contributed by atoms with van der Waals surface area (Å²) in [5.74, 6) is 0.186. The molecule has 0 spiro atoms. The number of carbonyl (C=O) groups is 1. The molecule has 0 saturated heterocycles. The van der Waals surface area contributed by atoms with Crippen LogP contribution in [-0.4, -0.2) is 32.3 Å². The summed E-state index contributed by atoms with van der Waals surface area (Å²) in [6, 6.07) is 6.14. The Balaban J connectivity index is 2.06. The number of carbonyl (C=O) groups excluding carboxylic acids is 1. The summed E-state index contributed by atoms with van der Waals surface area (Å²) in [4.78, 5) is 12.1.